The highest BCUT2D eigenvalue weighted by Crippen LogP contribution is 2.31. The number of hydrogen-bond acceptors (Lipinski definition) is 2. The molecule has 0 bridgehead atoms. The molecule has 0 spiro atoms. The fourth-order valence-corrected chi connectivity index (χ4v) is 3.59. The zero-order chi connectivity index (χ0) is 19.1. The highest BCUT2D eigenvalue weighted by Gasteiger charge is 2.17. The quantitative estimate of drug-likeness (QED) is 0.492. The van der Waals surface area contributed by atoms with E-state index in [4.69, 9.17) is 9.73 Å². The van der Waals surface area contributed by atoms with Crippen molar-refractivity contribution in [2.45, 2.75) is 64.8 Å². The molecule has 2 aromatic rings. The van der Waals surface area contributed by atoms with Crippen molar-refractivity contribution in [3.05, 3.63) is 53.8 Å². The first-order valence-electron chi connectivity index (χ1n) is 10.3. The first kappa shape index (κ1) is 19.6. The van der Waals surface area contributed by atoms with Crippen molar-refractivity contribution in [1.29, 1.82) is 0 Å². The number of unbranched alkanes of at least 4 members (excludes halogenated alkanes) is 3. The predicted octanol–water partition coefficient (Wildman–Crippen LogP) is 6.81. The summed E-state index contributed by atoms with van der Waals surface area (Å²) in [7, 11) is 0. The molecule has 0 radical (unpaired) electrons. The van der Waals surface area contributed by atoms with E-state index in [1.165, 1.54) is 37.8 Å². The lowest BCUT2D eigenvalue weighted by atomic mass is 9.99. The van der Waals surface area contributed by atoms with Crippen LogP contribution in [-0.4, -0.2) is 18.4 Å². The van der Waals surface area contributed by atoms with Gasteiger partial charge in [0, 0.05) is 17.3 Å². The van der Waals surface area contributed by atoms with Gasteiger partial charge in [0.05, 0.1) is 6.61 Å². The molecule has 0 aromatic heterocycles. The minimum atomic E-state index is -0.216. The molecular formula is C24H30FNO. The highest BCUT2D eigenvalue weighted by atomic mass is 19.1. The molecule has 0 aliphatic carbocycles. The number of hydrogen-bond donors (Lipinski definition) is 0. The normalized spacial score (nSPS) is 16.5. The summed E-state index contributed by atoms with van der Waals surface area (Å²) in [4.78, 5) is 5.04. The maximum Gasteiger partial charge on any atom is 0.128 e. The van der Waals surface area contributed by atoms with E-state index in [-0.39, 0.29) is 5.82 Å². The summed E-state index contributed by atoms with van der Waals surface area (Å²) in [5, 5.41) is 0. The molecule has 0 amide bonds. The van der Waals surface area contributed by atoms with Gasteiger partial charge >= 0.3 is 0 Å². The monoisotopic (exact) mass is 367 g/mol. The van der Waals surface area contributed by atoms with Gasteiger partial charge in [0.15, 0.2) is 0 Å². The van der Waals surface area contributed by atoms with Crippen molar-refractivity contribution in [3.8, 4) is 16.9 Å². The molecule has 1 aliphatic heterocycles. The van der Waals surface area contributed by atoms with Gasteiger partial charge in [0.2, 0.25) is 0 Å². The van der Waals surface area contributed by atoms with Gasteiger partial charge in [-0.05, 0) is 61.6 Å². The molecule has 1 atom stereocenters. The number of benzene rings is 2. The molecule has 1 aliphatic rings. The van der Waals surface area contributed by atoms with Gasteiger partial charge in [-0.2, -0.15) is 0 Å². The molecule has 0 saturated carbocycles. The Kier molecular flexibility index (Phi) is 7.03. The molecule has 27 heavy (non-hydrogen) atoms. The summed E-state index contributed by atoms with van der Waals surface area (Å²) < 4.78 is 19.2. The van der Waals surface area contributed by atoms with Gasteiger partial charge in [-0.3, -0.25) is 4.99 Å². The smallest absolute Gasteiger partial charge is 0.128 e. The lowest BCUT2D eigenvalue weighted by Gasteiger charge is -2.13. The second-order valence-electron chi connectivity index (χ2n) is 7.44. The van der Waals surface area contributed by atoms with Crippen LogP contribution in [0.5, 0.6) is 5.75 Å². The largest absolute Gasteiger partial charge is 0.493 e. The fourth-order valence-electron chi connectivity index (χ4n) is 3.59. The van der Waals surface area contributed by atoms with Gasteiger partial charge in [-0.1, -0.05) is 50.8 Å². The van der Waals surface area contributed by atoms with Crippen LogP contribution in [0.3, 0.4) is 0 Å². The molecule has 1 unspecified atom stereocenters. The molecule has 2 nitrogen and oxygen atoms in total. The van der Waals surface area contributed by atoms with Crippen LogP contribution in [-0.2, 0) is 0 Å². The Balaban J connectivity index is 1.79. The summed E-state index contributed by atoms with van der Waals surface area (Å²) in [6.45, 7) is 5.17. The SMILES string of the molecule is CCCCCCC(C)N=C1CCCOc2cc(-c3ccc(F)cc3)ccc21. The average molecular weight is 368 g/mol. The zero-order valence-electron chi connectivity index (χ0n) is 16.5. The van der Waals surface area contributed by atoms with Gasteiger partial charge < -0.3 is 4.74 Å². The molecule has 2 aromatic carbocycles. The fraction of sp³-hybridized carbons (Fsp3) is 0.458. The van der Waals surface area contributed by atoms with Gasteiger partial charge in [-0.25, -0.2) is 4.39 Å². The maximum absolute atomic E-state index is 13.2. The van der Waals surface area contributed by atoms with Crippen molar-refractivity contribution in [2.24, 2.45) is 4.99 Å². The van der Waals surface area contributed by atoms with Crippen molar-refractivity contribution in [1.82, 2.24) is 0 Å². The summed E-state index contributed by atoms with van der Waals surface area (Å²) in [5.41, 5.74) is 4.31. The molecule has 0 fully saturated rings. The van der Waals surface area contributed by atoms with E-state index < -0.39 is 0 Å². The number of nitrogens with zero attached hydrogens (tertiary/aromatic N) is 1. The van der Waals surface area contributed by atoms with Gasteiger partial charge in [0.1, 0.15) is 11.6 Å². The van der Waals surface area contributed by atoms with Crippen LogP contribution in [0.25, 0.3) is 11.1 Å². The topological polar surface area (TPSA) is 21.6 Å². The Morgan fingerprint density at radius 1 is 1.04 bits per heavy atom. The van der Waals surface area contributed by atoms with E-state index in [2.05, 4.69) is 32.0 Å². The second-order valence-corrected chi connectivity index (χ2v) is 7.44. The first-order chi connectivity index (χ1) is 13.2. The van der Waals surface area contributed by atoms with Crippen molar-refractivity contribution < 1.29 is 9.13 Å². The maximum atomic E-state index is 13.2. The molecule has 0 N–H and O–H groups in total. The van der Waals surface area contributed by atoms with Crippen LogP contribution < -0.4 is 4.74 Å². The number of fused-ring (bicyclic) bond motifs is 1. The Hall–Kier alpha value is -2.16. The van der Waals surface area contributed by atoms with E-state index in [0.717, 1.165) is 47.4 Å². The van der Waals surface area contributed by atoms with Crippen molar-refractivity contribution in [2.75, 3.05) is 6.61 Å². The average Bonchev–Trinajstić information content (AvgIpc) is 2.87. The Labute approximate surface area is 162 Å². The molecule has 3 heteroatoms. The van der Waals surface area contributed by atoms with E-state index in [1.807, 2.05) is 0 Å². The number of ether oxygens (including phenoxy) is 1. The van der Waals surface area contributed by atoms with Crippen LogP contribution in [0, 0.1) is 5.82 Å². The van der Waals surface area contributed by atoms with E-state index in [0.29, 0.717) is 12.6 Å². The summed E-state index contributed by atoms with van der Waals surface area (Å²) in [6, 6.07) is 13.2. The lowest BCUT2D eigenvalue weighted by Crippen LogP contribution is -2.07. The van der Waals surface area contributed by atoms with Crippen LogP contribution in [0.2, 0.25) is 0 Å². The van der Waals surface area contributed by atoms with Crippen LogP contribution in [0.4, 0.5) is 4.39 Å². The van der Waals surface area contributed by atoms with Gasteiger partial charge in [0.25, 0.3) is 0 Å². The molecule has 1 heterocycles. The first-order valence-corrected chi connectivity index (χ1v) is 10.3. The Morgan fingerprint density at radius 3 is 2.59 bits per heavy atom. The highest BCUT2D eigenvalue weighted by molar-refractivity contribution is 6.03. The third-order valence-corrected chi connectivity index (χ3v) is 5.14. The van der Waals surface area contributed by atoms with E-state index in [1.54, 1.807) is 12.1 Å². The van der Waals surface area contributed by atoms with Crippen LogP contribution >= 0.6 is 0 Å². The second kappa shape index (κ2) is 9.68. The summed E-state index contributed by atoms with van der Waals surface area (Å²) in [6.07, 6.45) is 8.22. The molecule has 0 saturated heterocycles. The Bertz CT molecular complexity index is 766. The number of aliphatic imine (C=N–C) groups is 1. The summed E-state index contributed by atoms with van der Waals surface area (Å²) >= 11 is 0. The molecule has 144 valence electrons. The molecule has 3 rings (SSSR count). The summed E-state index contributed by atoms with van der Waals surface area (Å²) in [5.74, 6) is 0.679. The van der Waals surface area contributed by atoms with Gasteiger partial charge in [-0.15, -0.1) is 0 Å². The van der Waals surface area contributed by atoms with Crippen LogP contribution in [0.1, 0.15) is 64.4 Å². The number of halogens is 1. The third kappa shape index (κ3) is 5.41. The van der Waals surface area contributed by atoms with E-state index >= 15 is 0 Å². The number of rotatable bonds is 7. The van der Waals surface area contributed by atoms with Crippen molar-refractivity contribution in [3.63, 3.8) is 0 Å². The van der Waals surface area contributed by atoms with Crippen molar-refractivity contribution >= 4 is 5.71 Å². The lowest BCUT2D eigenvalue weighted by molar-refractivity contribution is 0.318. The Morgan fingerprint density at radius 2 is 1.81 bits per heavy atom. The van der Waals surface area contributed by atoms with E-state index in [9.17, 15) is 4.39 Å². The van der Waals surface area contributed by atoms with Crippen LogP contribution in [0.15, 0.2) is 47.5 Å². The minimum Gasteiger partial charge on any atom is -0.493 e. The predicted molar refractivity (Wildman–Crippen MR) is 111 cm³/mol. The minimum absolute atomic E-state index is 0.216. The standard InChI is InChI=1S/C24H30FNO/c1-3-4-5-6-8-18(2)26-23-9-7-16-27-24-17-20(12-15-22(23)24)19-10-13-21(25)14-11-19/h10-15,17-18H,3-9,16H2,1-2H3. The molecular weight excluding hydrogens is 337 g/mol. The zero-order valence-corrected chi connectivity index (χ0v) is 16.5. The third-order valence-electron chi connectivity index (χ3n) is 5.14.